The predicted molar refractivity (Wildman–Crippen MR) is 92.8 cm³/mol. The van der Waals surface area contributed by atoms with Crippen LogP contribution >= 0.6 is 11.3 Å². The summed E-state index contributed by atoms with van der Waals surface area (Å²) in [5, 5.41) is 11.4. The third-order valence-electron chi connectivity index (χ3n) is 4.53. The summed E-state index contributed by atoms with van der Waals surface area (Å²) in [6, 6.07) is 7.83. The fourth-order valence-electron chi connectivity index (χ4n) is 3.28. The number of piperidine rings is 1. The van der Waals surface area contributed by atoms with E-state index in [1.54, 1.807) is 11.3 Å². The van der Waals surface area contributed by atoms with Crippen molar-refractivity contribution in [1.29, 1.82) is 0 Å². The predicted octanol–water partition coefficient (Wildman–Crippen LogP) is 2.68. The van der Waals surface area contributed by atoms with Gasteiger partial charge in [-0.1, -0.05) is 17.3 Å². The average Bonchev–Trinajstić information content (AvgIpc) is 3.30. The molecule has 0 aliphatic carbocycles. The van der Waals surface area contributed by atoms with Crippen molar-refractivity contribution >= 4 is 28.3 Å². The van der Waals surface area contributed by atoms with Crippen LogP contribution in [0.2, 0.25) is 0 Å². The molecule has 6 nitrogen and oxygen atoms in total. The molecule has 1 amide bonds. The number of rotatable bonds is 4. The molecule has 1 unspecified atom stereocenters. The lowest BCUT2D eigenvalue weighted by Crippen LogP contribution is -2.39. The molecule has 124 valence electrons. The van der Waals surface area contributed by atoms with E-state index in [-0.39, 0.29) is 5.91 Å². The van der Waals surface area contributed by atoms with Gasteiger partial charge in [-0.15, -0.1) is 16.4 Å². The number of benzene rings is 1. The molecule has 3 aromatic rings. The normalized spacial score (nSPS) is 18.2. The van der Waals surface area contributed by atoms with Crippen LogP contribution in [-0.4, -0.2) is 43.9 Å². The Labute approximate surface area is 144 Å². The van der Waals surface area contributed by atoms with Crippen molar-refractivity contribution in [3.05, 3.63) is 40.8 Å². The number of amides is 1. The number of aryl methyl sites for hydroxylation is 1. The molecule has 2 aromatic heterocycles. The maximum absolute atomic E-state index is 12.6. The molecule has 24 heavy (non-hydrogen) atoms. The van der Waals surface area contributed by atoms with Crippen LogP contribution in [0.4, 0.5) is 0 Å². The minimum absolute atomic E-state index is 0.191. The molecule has 4 rings (SSSR count). The van der Waals surface area contributed by atoms with Crippen molar-refractivity contribution in [3.63, 3.8) is 0 Å². The number of likely N-dealkylation sites (tertiary alicyclic amines) is 1. The van der Waals surface area contributed by atoms with Gasteiger partial charge < -0.3 is 4.90 Å². The van der Waals surface area contributed by atoms with Gasteiger partial charge in [-0.25, -0.2) is 9.67 Å². The molecular formula is C17H19N5OS. The van der Waals surface area contributed by atoms with Gasteiger partial charge in [-0.3, -0.25) is 4.79 Å². The molecule has 1 atom stereocenters. The Balaban J connectivity index is 1.39. The van der Waals surface area contributed by atoms with Crippen molar-refractivity contribution < 1.29 is 4.79 Å². The highest BCUT2D eigenvalue weighted by atomic mass is 32.1. The molecule has 0 bridgehead atoms. The minimum atomic E-state index is 0.191. The van der Waals surface area contributed by atoms with E-state index >= 15 is 0 Å². The number of thiazole rings is 1. The number of carbonyl (C=O) groups is 1. The summed E-state index contributed by atoms with van der Waals surface area (Å²) in [5.41, 5.74) is 1.84. The van der Waals surface area contributed by atoms with E-state index < -0.39 is 0 Å². The number of aromatic nitrogens is 4. The summed E-state index contributed by atoms with van der Waals surface area (Å²) >= 11 is 1.68. The van der Waals surface area contributed by atoms with Crippen LogP contribution in [0.15, 0.2) is 35.8 Å². The average molecular weight is 341 g/mol. The third kappa shape index (κ3) is 3.03. The van der Waals surface area contributed by atoms with Gasteiger partial charge in [-0.05, 0) is 25.0 Å². The molecule has 0 spiro atoms. The van der Waals surface area contributed by atoms with Crippen molar-refractivity contribution in [2.24, 2.45) is 0 Å². The zero-order chi connectivity index (χ0) is 16.4. The zero-order valence-corrected chi connectivity index (χ0v) is 14.2. The molecule has 1 aromatic carbocycles. The summed E-state index contributed by atoms with van der Waals surface area (Å²) in [4.78, 5) is 19.0. The summed E-state index contributed by atoms with van der Waals surface area (Å²) in [5.74, 6) is 0.575. The first-order valence-corrected chi connectivity index (χ1v) is 9.14. The molecular weight excluding hydrogens is 322 g/mol. The molecule has 1 aliphatic rings. The molecule has 1 aliphatic heterocycles. The summed E-state index contributed by atoms with van der Waals surface area (Å²) in [7, 11) is 0. The second-order valence-electron chi connectivity index (χ2n) is 6.10. The van der Waals surface area contributed by atoms with Crippen LogP contribution in [0.3, 0.4) is 0 Å². The fraction of sp³-hybridized carbons (Fsp3) is 0.412. The van der Waals surface area contributed by atoms with Gasteiger partial charge in [0.05, 0.1) is 17.1 Å². The number of hydrogen-bond donors (Lipinski definition) is 0. The van der Waals surface area contributed by atoms with Gasteiger partial charge in [0.1, 0.15) is 5.52 Å². The summed E-state index contributed by atoms with van der Waals surface area (Å²) < 4.78 is 1.81. The lowest BCUT2D eigenvalue weighted by atomic mass is 9.98. The van der Waals surface area contributed by atoms with Gasteiger partial charge >= 0.3 is 0 Å². The van der Waals surface area contributed by atoms with E-state index in [1.807, 2.05) is 45.4 Å². The van der Waals surface area contributed by atoms with Crippen LogP contribution in [0.5, 0.6) is 0 Å². The quantitative estimate of drug-likeness (QED) is 0.732. The first-order chi connectivity index (χ1) is 11.8. The Morgan fingerprint density at radius 2 is 2.25 bits per heavy atom. The standard InChI is InChI=1S/C17H19N5OS/c23-16(7-10-22-15-6-2-1-5-14(15)19-20-22)21-9-3-4-13(12-21)17-18-8-11-24-17/h1-2,5-6,8,11,13H,3-4,7,9-10,12H2. The van der Waals surface area contributed by atoms with E-state index in [1.165, 1.54) is 0 Å². The Hall–Kier alpha value is -2.28. The minimum Gasteiger partial charge on any atom is -0.342 e. The van der Waals surface area contributed by atoms with Crippen LogP contribution in [-0.2, 0) is 11.3 Å². The van der Waals surface area contributed by atoms with Crippen LogP contribution in [0.1, 0.15) is 30.2 Å². The van der Waals surface area contributed by atoms with E-state index in [4.69, 9.17) is 0 Å². The molecule has 1 saturated heterocycles. The SMILES string of the molecule is O=C(CCn1nnc2ccccc21)N1CCCC(c2nccs2)C1. The smallest absolute Gasteiger partial charge is 0.224 e. The van der Waals surface area contributed by atoms with E-state index in [0.29, 0.717) is 18.9 Å². The fourth-order valence-corrected chi connectivity index (χ4v) is 4.05. The molecule has 1 fully saturated rings. The van der Waals surface area contributed by atoms with Crippen molar-refractivity contribution in [2.75, 3.05) is 13.1 Å². The Morgan fingerprint density at radius 3 is 3.12 bits per heavy atom. The Kier molecular flexibility index (Phi) is 4.25. The summed E-state index contributed by atoms with van der Waals surface area (Å²) in [6.07, 6.45) is 4.46. The maximum atomic E-state index is 12.6. The van der Waals surface area contributed by atoms with Gasteiger partial charge in [-0.2, -0.15) is 0 Å². The maximum Gasteiger partial charge on any atom is 0.224 e. The molecule has 0 N–H and O–H groups in total. The van der Waals surface area contributed by atoms with E-state index in [2.05, 4.69) is 15.3 Å². The molecule has 0 radical (unpaired) electrons. The van der Waals surface area contributed by atoms with Crippen molar-refractivity contribution in [1.82, 2.24) is 24.9 Å². The molecule has 3 heterocycles. The topological polar surface area (TPSA) is 63.9 Å². The second-order valence-corrected chi connectivity index (χ2v) is 7.03. The third-order valence-corrected chi connectivity index (χ3v) is 5.47. The van der Waals surface area contributed by atoms with Gasteiger partial charge in [0.25, 0.3) is 0 Å². The largest absolute Gasteiger partial charge is 0.342 e. The number of fused-ring (bicyclic) bond motifs is 1. The van der Waals surface area contributed by atoms with Gasteiger partial charge in [0, 0.05) is 37.0 Å². The number of carbonyl (C=O) groups excluding carboxylic acids is 1. The zero-order valence-electron chi connectivity index (χ0n) is 13.3. The second kappa shape index (κ2) is 6.68. The van der Waals surface area contributed by atoms with Crippen LogP contribution in [0.25, 0.3) is 11.0 Å². The first-order valence-electron chi connectivity index (χ1n) is 8.26. The number of para-hydroxylation sites is 1. The highest BCUT2D eigenvalue weighted by Crippen LogP contribution is 2.28. The monoisotopic (exact) mass is 341 g/mol. The van der Waals surface area contributed by atoms with Gasteiger partial charge in [0.15, 0.2) is 0 Å². The molecule has 0 saturated carbocycles. The first kappa shape index (κ1) is 15.3. The Bertz CT molecular complexity index is 829. The highest BCUT2D eigenvalue weighted by molar-refractivity contribution is 7.09. The van der Waals surface area contributed by atoms with Crippen LogP contribution in [0, 0.1) is 0 Å². The number of nitrogens with zero attached hydrogens (tertiary/aromatic N) is 5. The Morgan fingerprint density at radius 1 is 1.33 bits per heavy atom. The van der Waals surface area contributed by atoms with E-state index in [0.717, 1.165) is 42.0 Å². The van der Waals surface area contributed by atoms with Crippen LogP contribution < -0.4 is 0 Å². The lowest BCUT2D eigenvalue weighted by Gasteiger charge is -2.32. The summed E-state index contributed by atoms with van der Waals surface area (Å²) in [6.45, 7) is 2.20. The highest BCUT2D eigenvalue weighted by Gasteiger charge is 2.26. The van der Waals surface area contributed by atoms with Crippen molar-refractivity contribution in [3.8, 4) is 0 Å². The van der Waals surface area contributed by atoms with Gasteiger partial charge in [0.2, 0.25) is 5.91 Å². The lowest BCUT2D eigenvalue weighted by molar-refractivity contribution is -0.132. The number of hydrogen-bond acceptors (Lipinski definition) is 5. The van der Waals surface area contributed by atoms with E-state index in [9.17, 15) is 4.79 Å². The van der Waals surface area contributed by atoms with Crippen molar-refractivity contribution in [2.45, 2.75) is 31.7 Å². The molecule has 7 heteroatoms.